The number of carbonyl (C=O) groups excluding carboxylic acids is 1. The molecule has 1 aromatic heterocycles. The molecule has 4 aromatic rings. The Kier molecular flexibility index (Phi) is 4.96. The summed E-state index contributed by atoms with van der Waals surface area (Å²) in [5.41, 5.74) is 9.06. The van der Waals surface area contributed by atoms with Crippen LogP contribution in [0, 0.1) is 6.92 Å². The minimum Gasteiger partial charge on any atom is -0.340 e. The van der Waals surface area contributed by atoms with Crippen LogP contribution in [0.3, 0.4) is 0 Å². The highest BCUT2D eigenvalue weighted by molar-refractivity contribution is 5.93. The second-order valence-electron chi connectivity index (χ2n) is 6.98. The lowest BCUT2D eigenvalue weighted by Crippen LogP contribution is -2.31. The van der Waals surface area contributed by atoms with E-state index >= 15 is 0 Å². The minimum atomic E-state index is -0.186. The number of hydrazine groups is 1. The first-order valence-corrected chi connectivity index (χ1v) is 9.38. The van der Waals surface area contributed by atoms with Crippen LogP contribution in [0.4, 0.5) is 0 Å². The van der Waals surface area contributed by atoms with Crippen LogP contribution in [0.2, 0.25) is 0 Å². The minimum absolute atomic E-state index is 0.186. The van der Waals surface area contributed by atoms with Crippen molar-refractivity contribution < 1.29 is 4.79 Å². The number of aromatic nitrogens is 1. The quantitative estimate of drug-likeness (QED) is 0.315. The second kappa shape index (κ2) is 7.71. The standard InChI is InChI=1S/C24H23N3O/c1-17-22(15-24(28)26-25)21-13-12-20(19-10-6-3-7-11-19)14-23(21)27(17)16-18-8-4-2-5-9-18/h2-14H,15-16,25H2,1H3,(H,26,28). The monoisotopic (exact) mass is 369 g/mol. The average molecular weight is 369 g/mol. The van der Waals surface area contributed by atoms with E-state index < -0.39 is 0 Å². The normalized spacial score (nSPS) is 10.9. The Hall–Kier alpha value is -3.37. The predicted octanol–water partition coefficient (Wildman–Crippen LogP) is 4.20. The molecule has 0 radical (unpaired) electrons. The van der Waals surface area contributed by atoms with E-state index in [9.17, 15) is 4.79 Å². The van der Waals surface area contributed by atoms with Crippen molar-refractivity contribution >= 4 is 16.8 Å². The summed E-state index contributed by atoms with van der Waals surface area (Å²) in [5, 5.41) is 1.09. The molecule has 0 fully saturated rings. The third-order valence-corrected chi connectivity index (χ3v) is 5.24. The molecular weight excluding hydrogens is 346 g/mol. The zero-order valence-corrected chi connectivity index (χ0v) is 15.9. The molecule has 3 N–H and O–H groups in total. The van der Waals surface area contributed by atoms with Gasteiger partial charge in [0.25, 0.3) is 0 Å². The lowest BCUT2D eigenvalue weighted by molar-refractivity contribution is -0.120. The van der Waals surface area contributed by atoms with Crippen LogP contribution in [-0.4, -0.2) is 10.5 Å². The average Bonchev–Trinajstić information content (AvgIpc) is 3.00. The van der Waals surface area contributed by atoms with Crippen LogP contribution < -0.4 is 11.3 Å². The molecule has 0 atom stereocenters. The van der Waals surface area contributed by atoms with E-state index in [1.807, 2.05) is 24.3 Å². The van der Waals surface area contributed by atoms with Gasteiger partial charge in [0, 0.05) is 23.1 Å². The number of hydrogen-bond acceptors (Lipinski definition) is 2. The van der Waals surface area contributed by atoms with Crippen molar-refractivity contribution in [1.29, 1.82) is 0 Å². The maximum Gasteiger partial charge on any atom is 0.238 e. The largest absolute Gasteiger partial charge is 0.340 e. The maximum absolute atomic E-state index is 12.0. The summed E-state index contributed by atoms with van der Waals surface area (Å²) < 4.78 is 2.29. The Morgan fingerprint density at radius 2 is 1.61 bits per heavy atom. The van der Waals surface area contributed by atoms with Crippen molar-refractivity contribution in [3.05, 3.63) is 95.7 Å². The number of nitrogens with zero attached hydrogens (tertiary/aromatic N) is 1. The van der Waals surface area contributed by atoms with Gasteiger partial charge in [-0.25, -0.2) is 5.84 Å². The van der Waals surface area contributed by atoms with E-state index in [0.717, 1.165) is 34.3 Å². The number of carbonyl (C=O) groups is 1. The van der Waals surface area contributed by atoms with E-state index in [4.69, 9.17) is 5.84 Å². The topological polar surface area (TPSA) is 60.1 Å². The third-order valence-electron chi connectivity index (χ3n) is 5.24. The van der Waals surface area contributed by atoms with E-state index in [0.29, 0.717) is 0 Å². The van der Waals surface area contributed by atoms with Crippen LogP contribution in [0.25, 0.3) is 22.0 Å². The zero-order valence-electron chi connectivity index (χ0n) is 15.9. The molecule has 0 aliphatic rings. The molecule has 0 bridgehead atoms. The smallest absolute Gasteiger partial charge is 0.238 e. The fraction of sp³-hybridized carbons (Fsp3) is 0.125. The summed E-state index contributed by atoms with van der Waals surface area (Å²) in [4.78, 5) is 12.0. The highest BCUT2D eigenvalue weighted by Gasteiger charge is 2.17. The van der Waals surface area contributed by atoms with Gasteiger partial charge in [-0.05, 0) is 35.2 Å². The predicted molar refractivity (Wildman–Crippen MR) is 114 cm³/mol. The number of fused-ring (bicyclic) bond motifs is 1. The van der Waals surface area contributed by atoms with Gasteiger partial charge in [-0.2, -0.15) is 0 Å². The van der Waals surface area contributed by atoms with Gasteiger partial charge in [0.05, 0.1) is 6.42 Å². The molecule has 0 unspecified atom stereocenters. The highest BCUT2D eigenvalue weighted by Crippen LogP contribution is 2.31. The molecule has 0 aliphatic carbocycles. The Morgan fingerprint density at radius 3 is 2.29 bits per heavy atom. The number of benzene rings is 3. The molecule has 28 heavy (non-hydrogen) atoms. The zero-order chi connectivity index (χ0) is 19.5. The summed E-state index contributed by atoms with van der Waals surface area (Å²) in [6, 6.07) is 27.2. The van der Waals surface area contributed by atoms with Gasteiger partial charge < -0.3 is 4.57 Å². The summed E-state index contributed by atoms with van der Waals surface area (Å²) in [5.74, 6) is 5.15. The number of nitrogens with two attached hydrogens (primary N) is 1. The molecule has 0 aliphatic heterocycles. The Balaban J connectivity index is 1.88. The van der Waals surface area contributed by atoms with Crippen molar-refractivity contribution in [1.82, 2.24) is 9.99 Å². The number of nitrogens with one attached hydrogen (secondary N) is 1. The first-order chi connectivity index (χ1) is 13.7. The van der Waals surface area contributed by atoms with E-state index in [1.165, 1.54) is 11.1 Å². The van der Waals surface area contributed by atoms with Gasteiger partial charge in [-0.1, -0.05) is 72.8 Å². The Morgan fingerprint density at radius 1 is 0.929 bits per heavy atom. The lowest BCUT2D eigenvalue weighted by Gasteiger charge is -2.10. The molecule has 4 rings (SSSR count). The van der Waals surface area contributed by atoms with Gasteiger partial charge in [0.1, 0.15) is 0 Å². The van der Waals surface area contributed by atoms with Crippen molar-refractivity contribution in [2.24, 2.45) is 5.84 Å². The molecule has 0 saturated heterocycles. The van der Waals surface area contributed by atoms with Gasteiger partial charge in [0.2, 0.25) is 5.91 Å². The molecule has 1 heterocycles. The molecule has 4 nitrogen and oxygen atoms in total. The van der Waals surface area contributed by atoms with Crippen LogP contribution >= 0.6 is 0 Å². The fourth-order valence-corrected chi connectivity index (χ4v) is 3.76. The number of amides is 1. The highest BCUT2D eigenvalue weighted by atomic mass is 16.2. The van der Waals surface area contributed by atoms with Gasteiger partial charge in [-0.15, -0.1) is 0 Å². The SMILES string of the molecule is Cc1c(CC(=O)NN)c2ccc(-c3ccccc3)cc2n1Cc1ccccc1. The fourth-order valence-electron chi connectivity index (χ4n) is 3.76. The summed E-state index contributed by atoms with van der Waals surface area (Å²) >= 11 is 0. The van der Waals surface area contributed by atoms with Crippen molar-refractivity contribution in [3.8, 4) is 11.1 Å². The number of rotatable bonds is 5. The van der Waals surface area contributed by atoms with Gasteiger partial charge in [0.15, 0.2) is 0 Å². The Labute approximate surface area is 164 Å². The molecule has 140 valence electrons. The molecule has 3 aromatic carbocycles. The molecule has 0 saturated carbocycles. The van der Waals surface area contributed by atoms with Gasteiger partial charge in [-0.3, -0.25) is 10.2 Å². The molecule has 0 spiro atoms. The van der Waals surface area contributed by atoms with E-state index in [2.05, 4.69) is 71.5 Å². The van der Waals surface area contributed by atoms with Crippen LogP contribution in [0.5, 0.6) is 0 Å². The van der Waals surface area contributed by atoms with E-state index in [-0.39, 0.29) is 12.3 Å². The summed E-state index contributed by atoms with van der Waals surface area (Å²) in [6.45, 7) is 2.83. The van der Waals surface area contributed by atoms with Gasteiger partial charge >= 0.3 is 0 Å². The maximum atomic E-state index is 12.0. The van der Waals surface area contributed by atoms with Crippen molar-refractivity contribution in [3.63, 3.8) is 0 Å². The first kappa shape index (κ1) is 18.0. The van der Waals surface area contributed by atoms with Crippen molar-refractivity contribution in [2.75, 3.05) is 0 Å². The van der Waals surface area contributed by atoms with Crippen LogP contribution in [0.15, 0.2) is 78.9 Å². The second-order valence-corrected chi connectivity index (χ2v) is 6.98. The first-order valence-electron chi connectivity index (χ1n) is 9.38. The molecular formula is C24H23N3O. The van der Waals surface area contributed by atoms with Crippen LogP contribution in [0.1, 0.15) is 16.8 Å². The van der Waals surface area contributed by atoms with E-state index in [1.54, 1.807) is 0 Å². The van der Waals surface area contributed by atoms with Crippen LogP contribution in [-0.2, 0) is 17.8 Å². The number of hydrogen-bond donors (Lipinski definition) is 2. The Bertz CT molecular complexity index is 1120. The molecule has 1 amide bonds. The lowest BCUT2D eigenvalue weighted by atomic mass is 10.0. The molecule has 4 heteroatoms. The van der Waals surface area contributed by atoms with Crippen molar-refractivity contribution in [2.45, 2.75) is 19.9 Å². The third kappa shape index (κ3) is 3.42. The summed E-state index contributed by atoms with van der Waals surface area (Å²) in [6.07, 6.45) is 0.269. The summed E-state index contributed by atoms with van der Waals surface area (Å²) in [7, 11) is 0.